The largest absolute Gasteiger partial charge is 0.454 e. The van der Waals surface area contributed by atoms with Crippen LogP contribution in [0.5, 0.6) is 0 Å². The van der Waals surface area contributed by atoms with Gasteiger partial charge in [0.15, 0.2) is 16.7 Å². The number of hydrogen-bond donors (Lipinski definition) is 0. The van der Waals surface area contributed by atoms with Crippen LogP contribution in [0.25, 0.3) is 287 Å². The maximum absolute atomic E-state index is 6.85. The molecule has 0 unspecified atom stereocenters. The Balaban J connectivity index is 0.000000105. The van der Waals surface area contributed by atoms with Crippen molar-refractivity contribution < 1.29 is 13.3 Å². The van der Waals surface area contributed by atoms with Crippen LogP contribution in [0.1, 0.15) is 0 Å². The summed E-state index contributed by atoms with van der Waals surface area (Å²) in [6.45, 7) is 0. The number of furan rings is 3. The Kier molecular flexibility index (Phi) is 18.6. The second kappa shape index (κ2) is 33.2. The lowest BCUT2D eigenvalue weighted by Crippen LogP contribution is -1.94. The fourth-order valence-corrected chi connectivity index (χ4v) is 22.8. The van der Waals surface area contributed by atoms with Crippen LogP contribution in [-0.2, 0) is 0 Å². The molecule has 147 heavy (non-hydrogen) atoms. The molecular weight excluding hydrogens is 1810 g/mol. The molecular formula is C130H78N14O3. The highest BCUT2D eigenvalue weighted by atomic mass is 16.3. The maximum Gasteiger partial charge on any atom is 0.159 e. The van der Waals surface area contributed by atoms with Gasteiger partial charge in [-0.3, -0.25) is 39.9 Å². The molecule has 0 saturated carbocycles. The molecule has 0 bridgehead atoms. The van der Waals surface area contributed by atoms with E-state index in [-0.39, 0.29) is 0 Å². The first-order valence-electron chi connectivity index (χ1n) is 49.1. The van der Waals surface area contributed by atoms with E-state index in [4.69, 9.17) is 43.2 Å². The Morgan fingerprint density at radius 2 is 0.422 bits per heavy atom. The zero-order chi connectivity index (χ0) is 96.4. The van der Waals surface area contributed by atoms with E-state index in [1.165, 1.54) is 0 Å². The molecule has 0 saturated heterocycles. The molecule has 0 amide bonds. The Bertz CT molecular complexity index is 10900. The van der Waals surface area contributed by atoms with Gasteiger partial charge in [-0.15, -0.1) is 0 Å². The minimum atomic E-state index is 0.817. The minimum absolute atomic E-state index is 0.817. The number of pyridine rings is 8. The normalized spacial score (nSPS) is 11.9. The summed E-state index contributed by atoms with van der Waals surface area (Å²) in [5.41, 5.74) is 40.9. The molecule has 0 aliphatic heterocycles. The summed E-state index contributed by atoms with van der Waals surface area (Å²) in [7, 11) is 0. The third-order valence-corrected chi connectivity index (χ3v) is 29.2. The Labute approximate surface area is 836 Å². The van der Waals surface area contributed by atoms with E-state index in [0.717, 1.165) is 287 Å². The topological polar surface area (TPSA) is 172 Å². The first-order chi connectivity index (χ1) is 73.0. The van der Waals surface area contributed by atoms with E-state index in [1.807, 2.05) is 116 Å². The monoisotopic (exact) mass is 1880 g/mol. The van der Waals surface area contributed by atoms with Gasteiger partial charge < -0.3 is 40.7 Å². The zero-order valence-electron chi connectivity index (χ0n) is 78.5. The molecule has 0 aliphatic rings. The predicted octanol–water partition coefficient (Wildman–Crippen LogP) is 32.8. The lowest BCUT2D eigenvalue weighted by molar-refractivity contribution is 0.666. The molecule has 17 aromatic heterocycles. The van der Waals surface area contributed by atoms with Crippen molar-refractivity contribution >= 4 is 197 Å². The van der Waals surface area contributed by atoms with E-state index >= 15 is 0 Å². The van der Waals surface area contributed by atoms with Crippen LogP contribution in [0.15, 0.2) is 487 Å². The van der Waals surface area contributed by atoms with Crippen molar-refractivity contribution in [2.24, 2.45) is 0 Å². The summed E-state index contributed by atoms with van der Waals surface area (Å²) >= 11 is 0. The molecule has 0 spiro atoms. The number of fused-ring (bicyclic) bond motifs is 27. The predicted molar refractivity (Wildman–Crippen MR) is 597 cm³/mol. The van der Waals surface area contributed by atoms with Crippen LogP contribution in [0, 0.1) is 0 Å². The summed E-state index contributed by atoms with van der Waals surface area (Å²) in [6.07, 6.45) is 14.9. The van der Waals surface area contributed by atoms with Crippen molar-refractivity contribution in [2.75, 3.05) is 0 Å². The zero-order valence-corrected chi connectivity index (χ0v) is 78.5. The number of nitrogens with zero attached hydrogens (tertiary/aromatic N) is 14. The summed E-state index contributed by atoms with van der Waals surface area (Å²) in [4.78, 5) is 38.2. The molecule has 0 fully saturated rings. The lowest BCUT2D eigenvalue weighted by atomic mass is 9.96. The maximum atomic E-state index is 6.85. The molecule has 17 heterocycles. The Hall–Kier alpha value is -20.3. The van der Waals surface area contributed by atoms with Crippen molar-refractivity contribution in [2.45, 2.75) is 0 Å². The first-order valence-corrected chi connectivity index (χ1v) is 49.1. The van der Waals surface area contributed by atoms with Crippen molar-refractivity contribution in [1.29, 1.82) is 0 Å². The van der Waals surface area contributed by atoms with Crippen LogP contribution >= 0.6 is 0 Å². The third kappa shape index (κ3) is 13.0. The van der Waals surface area contributed by atoms with Gasteiger partial charge in [-0.05, 0) is 264 Å². The van der Waals surface area contributed by atoms with Gasteiger partial charge in [0.05, 0.1) is 128 Å². The Morgan fingerprint density at radius 1 is 0.150 bits per heavy atom. The molecule has 686 valence electrons. The summed E-state index contributed by atoms with van der Waals surface area (Å²) < 4.78 is 33.8. The van der Waals surface area contributed by atoms with E-state index in [0.29, 0.717) is 0 Å². The van der Waals surface area contributed by atoms with Crippen molar-refractivity contribution in [3.8, 4) is 90.0 Å². The molecule has 32 rings (SSSR count). The van der Waals surface area contributed by atoms with E-state index < -0.39 is 0 Å². The SMILES string of the molecule is c1cc(-n2c3ccccc3c3ncccc32)c2oc3ccc(-n4c5ccccc5c5ncccc54)cc3c2c1.c1ccc(-c2ccccc2-c2ccc3c(c2)c2ncccc2n3-c2ccc3oc4c(-n5c6ccc(-c7ccccc7-c7ccccn7)cc6c6ncccc65)cccc4c3c2)nc1.c1ccc(-n2c3ccc(-c4ccc5oc6c(-n7c8ccccc8c8ncccc87)cccc6c5c4)cc3c3ncccc32)cc1. The number of benzene rings is 15. The van der Waals surface area contributed by atoms with Crippen LogP contribution in [0.3, 0.4) is 0 Å². The van der Waals surface area contributed by atoms with Gasteiger partial charge in [0.1, 0.15) is 16.7 Å². The van der Waals surface area contributed by atoms with E-state index in [9.17, 15) is 0 Å². The van der Waals surface area contributed by atoms with Gasteiger partial charge in [0, 0.05) is 142 Å². The van der Waals surface area contributed by atoms with Crippen LogP contribution < -0.4 is 0 Å². The van der Waals surface area contributed by atoms with Crippen LogP contribution in [0.4, 0.5) is 0 Å². The molecule has 0 radical (unpaired) electrons. The minimum Gasteiger partial charge on any atom is -0.454 e. The Morgan fingerprint density at radius 3 is 0.816 bits per heavy atom. The summed E-state index contributed by atoms with van der Waals surface area (Å²) in [6, 6.07) is 148. The average Bonchev–Trinajstić information content (AvgIpc) is 1.56. The van der Waals surface area contributed by atoms with Gasteiger partial charge in [0.25, 0.3) is 0 Å². The van der Waals surface area contributed by atoms with Gasteiger partial charge in [0.2, 0.25) is 0 Å². The van der Waals surface area contributed by atoms with E-state index in [2.05, 4.69) is 395 Å². The smallest absolute Gasteiger partial charge is 0.159 e. The molecule has 17 nitrogen and oxygen atoms in total. The number of aromatic nitrogens is 14. The van der Waals surface area contributed by atoms with Crippen molar-refractivity contribution in [3.63, 3.8) is 0 Å². The molecule has 0 aliphatic carbocycles. The highest BCUT2D eigenvalue weighted by molar-refractivity contribution is 6.19. The summed E-state index contributed by atoms with van der Waals surface area (Å²) in [5.74, 6) is 0. The second-order valence-corrected chi connectivity index (χ2v) is 37.2. The van der Waals surface area contributed by atoms with Gasteiger partial charge in [-0.2, -0.15) is 0 Å². The highest BCUT2D eigenvalue weighted by Crippen LogP contribution is 2.48. The molecule has 17 heteroatoms. The highest BCUT2D eigenvalue weighted by Gasteiger charge is 2.28. The quantitative estimate of drug-likeness (QED) is 0.121. The second-order valence-electron chi connectivity index (χ2n) is 37.2. The standard InChI is InChI=1S/C56H34N6O.C40H24N4O.C34H20N4O/c1-3-14-40(46-17-5-7-28-57-46)38(12-1)35-22-25-48-44(32-35)54-50(20-10-30-59-54)61(48)37-24-27-53-43(34-37)42-16-9-19-52(56(42)63-53)62-49-26-23-36(33-45(49)55-51(62)21-11-31-60-55)39-13-2-4-15-41(39)47-18-6-8-29-58-47;1-2-9-27(10-3-1)43-33-19-17-25(24-31(33)39-34(43)15-7-22-42-39)26-18-20-37-30(23-26)28-12-6-14-36(40(28)45-37)44-32-13-5-4-11-29(32)38-35(44)16-8-21-41-38;1-3-11-26-23(8-1)32-28(14-6-18-35-32)37(26)21-16-17-31-25(20-21)22-10-5-13-30(34(22)39-31)38-27-12-4-2-9-24(27)33-29(38)15-7-19-36-33/h1-34H;1-24H;1-20H. The fraction of sp³-hybridized carbons (Fsp3) is 0. The molecule has 0 N–H and O–H groups in total. The fourth-order valence-electron chi connectivity index (χ4n) is 22.8. The van der Waals surface area contributed by atoms with Gasteiger partial charge >= 0.3 is 0 Å². The number of para-hydroxylation sites is 7. The van der Waals surface area contributed by atoms with Crippen LogP contribution in [0.2, 0.25) is 0 Å². The van der Waals surface area contributed by atoms with Crippen molar-refractivity contribution in [3.05, 3.63) is 474 Å². The third-order valence-electron chi connectivity index (χ3n) is 29.2. The van der Waals surface area contributed by atoms with E-state index in [1.54, 1.807) is 0 Å². The molecule has 32 aromatic rings. The first kappa shape index (κ1) is 82.6. The number of rotatable bonds is 11. The summed E-state index contributed by atoms with van der Waals surface area (Å²) in [5, 5.41) is 13.1. The molecule has 15 aromatic carbocycles. The van der Waals surface area contributed by atoms with Gasteiger partial charge in [-0.25, -0.2) is 0 Å². The average molecular weight is 1880 g/mol. The van der Waals surface area contributed by atoms with Crippen molar-refractivity contribution in [1.82, 2.24) is 67.3 Å². The van der Waals surface area contributed by atoms with Gasteiger partial charge in [-0.1, -0.05) is 194 Å². The lowest BCUT2D eigenvalue weighted by Gasteiger charge is -2.11. The molecule has 0 atom stereocenters. The number of hydrogen-bond acceptors (Lipinski definition) is 11. The van der Waals surface area contributed by atoms with Crippen LogP contribution in [-0.4, -0.2) is 67.3 Å².